The van der Waals surface area contributed by atoms with Gasteiger partial charge in [-0.2, -0.15) is 5.10 Å². The lowest BCUT2D eigenvalue weighted by Gasteiger charge is -2.25. The first kappa shape index (κ1) is 14.7. The van der Waals surface area contributed by atoms with Crippen LogP contribution in [-0.2, 0) is 11.5 Å². The maximum absolute atomic E-state index is 12.0. The fourth-order valence-corrected chi connectivity index (χ4v) is 2.08. The van der Waals surface area contributed by atoms with E-state index >= 15 is 0 Å². The van der Waals surface area contributed by atoms with E-state index in [1.54, 1.807) is 37.5 Å². The zero-order chi connectivity index (χ0) is 15.4. The minimum atomic E-state index is -1.13. The van der Waals surface area contributed by atoms with Crippen molar-refractivity contribution in [2.45, 2.75) is 13.6 Å². The summed E-state index contributed by atoms with van der Waals surface area (Å²) < 4.78 is 1.48. The van der Waals surface area contributed by atoms with Gasteiger partial charge in [0.1, 0.15) is 13.3 Å². The van der Waals surface area contributed by atoms with Crippen molar-refractivity contribution in [3.8, 4) is 0 Å². The maximum atomic E-state index is 12.0. The third-order valence-electron chi connectivity index (χ3n) is 3.02. The Balaban J connectivity index is 2.51. The lowest BCUT2D eigenvalue weighted by molar-refractivity contribution is -0.121. The topological polar surface area (TPSA) is 95.7 Å². The van der Waals surface area contributed by atoms with E-state index in [1.165, 1.54) is 15.6 Å². The molecule has 1 amide bonds. The van der Waals surface area contributed by atoms with E-state index in [1.807, 2.05) is 0 Å². The Bertz CT molecular complexity index is 652. The number of carboxylic acid groups (broad SMARTS) is 1. The van der Waals surface area contributed by atoms with E-state index in [2.05, 4.69) is 5.10 Å². The van der Waals surface area contributed by atoms with Crippen molar-refractivity contribution >= 4 is 17.6 Å². The Morgan fingerprint density at radius 3 is 2.67 bits per heavy atom. The van der Waals surface area contributed by atoms with Gasteiger partial charge in [-0.25, -0.2) is 4.79 Å². The third kappa shape index (κ3) is 3.09. The molecule has 0 saturated heterocycles. The number of aromatic nitrogens is 2. The van der Waals surface area contributed by atoms with E-state index in [9.17, 15) is 14.7 Å². The number of carbonyl (C=O) groups is 2. The first-order chi connectivity index (χ1) is 10.0. The average Bonchev–Trinajstić information content (AvgIpc) is 2.97. The van der Waals surface area contributed by atoms with Crippen molar-refractivity contribution < 1.29 is 19.8 Å². The molecule has 0 atom stereocenters. The highest BCUT2D eigenvalue weighted by Crippen LogP contribution is 2.26. The van der Waals surface area contributed by atoms with Crippen LogP contribution < -0.4 is 4.90 Å². The number of aliphatic hydroxyl groups excluding tert-OH is 1. The molecule has 0 aliphatic carbocycles. The summed E-state index contributed by atoms with van der Waals surface area (Å²) >= 11 is 0. The Hall–Kier alpha value is -2.67. The van der Waals surface area contributed by atoms with Gasteiger partial charge in [0.2, 0.25) is 0 Å². The molecule has 1 heterocycles. The van der Waals surface area contributed by atoms with Gasteiger partial charge in [0.25, 0.3) is 5.91 Å². The van der Waals surface area contributed by atoms with E-state index in [-0.39, 0.29) is 17.9 Å². The summed E-state index contributed by atoms with van der Waals surface area (Å²) in [5.41, 5.74) is 0.896. The molecule has 2 rings (SSSR count). The Labute approximate surface area is 121 Å². The van der Waals surface area contributed by atoms with Gasteiger partial charge in [0.15, 0.2) is 0 Å². The quantitative estimate of drug-likeness (QED) is 0.851. The molecular weight excluding hydrogens is 274 g/mol. The number of hydrogen-bond acceptors (Lipinski definition) is 4. The van der Waals surface area contributed by atoms with Gasteiger partial charge in [-0.15, -0.1) is 0 Å². The number of nitrogens with zero attached hydrogens (tertiary/aromatic N) is 3. The molecule has 1 aromatic heterocycles. The zero-order valence-electron chi connectivity index (χ0n) is 11.4. The fraction of sp³-hybridized carbons (Fsp3) is 0.214. The Morgan fingerprint density at radius 1 is 1.33 bits per heavy atom. The summed E-state index contributed by atoms with van der Waals surface area (Å²) in [6, 6.07) is 6.43. The number of aromatic carboxylic acids is 1. The van der Waals surface area contributed by atoms with E-state index < -0.39 is 18.5 Å². The van der Waals surface area contributed by atoms with Crippen molar-refractivity contribution in [2.75, 3.05) is 11.5 Å². The maximum Gasteiger partial charge on any atom is 0.337 e. The van der Waals surface area contributed by atoms with Crippen LogP contribution in [0.2, 0.25) is 0 Å². The number of carboxylic acids is 1. The standard InChI is InChI=1S/C14H15N3O4/c1-10-4-2-5-11(14(20)21)13(10)17(12(19)8-18)9-16-7-3-6-15-16/h2-7,18H,8-9H2,1H3,(H,20,21). The summed E-state index contributed by atoms with van der Waals surface area (Å²) in [5, 5.41) is 22.4. The Kier molecular flexibility index (Phi) is 4.34. The summed E-state index contributed by atoms with van der Waals surface area (Å²) in [7, 11) is 0. The van der Waals surface area contributed by atoms with Gasteiger partial charge >= 0.3 is 5.97 Å². The van der Waals surface area contributed by atoms with Crippen LogP contribution in [0.3, 0.4) is 0 Å². The minimum absolute atomic E-state index is 0.00366. The summed E-state index contributed by atoms with van der Waals surface area (Å²) in [6.07, 6.45) is 3.20. The lowest BCUT2D eigenvalue weighted by Crippen LogP contribution is -2.36. The number of aryl methyl sites for hydroxylation is 1. The number of anilines is 1. The third-order valence-corrected chi connectivity index (χ3v) is 3.02. The summed E-state index contributed by atoms with van der Waals surface area (Å²) in [5.74, 6) is -1.73. The molecule has 0 aliphatic heterocycles. The first-order valence-electron chi connectivity index (χ1n) is 6.26. The average molecular weight is 289 g/mol. The summed E-state index contributed by atoms with van der Waals surface area (Å²) in [4.78, 5) is 24.6. The van der Waals surface area contributed by atoms with Crippen molar-refractivity contribution in [3.05, 3.63) is 47.8 Å². The predicted octanol–water partition coefficient (Wildman–Crippen LogP) is 0.873. The normalized spacial score (nSPS) is 10.4. The molecule has 0 aliphatic rings. The SMILES string of the molecule is Cc1cccc(C(=O)O)c1N(Cn1cccn1)C(=O)CO. The van der Waals surface area contributed by atoms with Crippen LogP contribution in [-0.4, -0.2) is 38.5 Å². The lowest BCUT2D eigenvalue weighted by atomic mass is 10.1. The van der Waals surface area contributed by atoms with Gasteiger partial charge in [-0.1, -0.05) is 12.1 Å². The van der Waals surface area contributed by atoms with Crippen molar-refractivity contribution in [1.82, 2.24) is 9.78 Å². The highest BCUT2D eigenvalue weighted by Gasteiger charge is 2.23. The monoisotopic (exact) mass is 289 g/mol. The minimum Gasteiger partial charge on any atom is -0.478 e. The van der Waals surface area contributed by atoms with Crippen LogP contribution in [0, 0.1) is 6.92 Å². The molecule has 7 nitrogen and oxygen atoms in total. The molecule has 0 bridgehead atoms. The van der Waals surface area contributed by atoms with Crippen molar-refractivity contribution in [2.24, 2.45) is 0 Å². The van der Waals surface area contributed by atoms with Crippen LogP contribution in [0.25, 0.3) is 0 Å². The number of hydrogen-bond donors (Lipinski definition) is 2. The molecule has 0 saturated carbocycles. The number of rotatable bonds is 5. The molecule has 1 aromatic carbocycles. The smallest absolute Gasteiger partial charge is 0.337 e. The second-order valence-corrected chi connectivity index (χ2v) is 4.44. The molecular formula is C14H15N3O4. The second kappa shape index (κ2) is 6.19. The van der Waals surface area contributed by atoms with Crippen LogP contribution in [0.15, 0.2) is 36.7 Å². The van der Waals surface area contributed by atoms with Gasteiger partial charge in [-0.3, -0.25) is 14.4 Å². The van der Waals surface area contributed by atoms with Crippen LogP contribution in [0.4, 0.5) is 5.69 Å². The fourth-order valence-electron chi connectivity index (χ4n) is 2.08. The molecule has 21 heavy (non-hydrogen) atoms. The second-order valence-electron chi connectivity index (χ2n) is 4.44. The van der Waals surface area contributed by atoms with E-state index in [0.717, 1.165) is 0 Å². The van der Waals surface area contributed by atoms with Gasteiger partial charge in [0.05, 0.1) is 11.3 Å². The molecule has 0 radical (unpaired) electrons. The van der Waals surface area contributed by atoms with Crippen LogP contribution >= 0.6 is 0 Å². The molecule has 2 N–H and O–H groups in total. The van der Waals surface area contributed by atoms with E-state index in [4.69, 9.17) is 5.11 Å². The van der Waals surface area contributed by atoms with Gasteiger partial charge in [-0.05, 0) is 24.6 Å². The molecule has 2 aromatic rings. The predicted molar refractivity (Wildman–Crippen MR) is 74.9 cm³/mol. The zero-order valence-corrected chi connectivity index (χ0v) is 11.4. The molecule has 110 valence electrons. The van der Waals surface area contributed by atoms with Crippen molar-refractivity contribution in [1.29, 1.82) is 0 Å². The number of benzene rings is 1. The van der Waals surface area contributed by atoms with Crippen molar-refractivity contribution in [3.63, 3.8) is 0 Å². The highest BCUT2D eigenvalue weighted by atomic mass is 16.4. The largest absolute Gasteiger partial charge is 0.478 e. The number of aliphatic hydroxyl groups is 1. The molecule has 0 fully saturated rings. The molecule has 7 heteroatoms. The first-order valence-corrected chi connectivity index (χ1v) is 6.26. The molecule has 0 unspecified atom stereocenters. The van der Waals surface area contributed by atoms with Crippen LogP contribution in [0.5, 0.6) is 0 Å². The van der Waals surface area contributed by atoms with Gasteiger partial charge < -0.3 is 10.2 Å². The van der Waals surface area contributed by atoms with Gasteiger partial charge in [0, 0.05) is 12.4 Å². The number of amides is 1. The number of para-hydroxylation sites is 1. The molecule has 0 spiro atoms. The number of carbonyl (C=O) groups excluding carboxylic acids is 1. The van der Waals surface area contributed by atoms with Crippen LogP contribution in [0.1, 0.15) is 15.9 Å². The highest BCUT2D eigenvalue weighted by molar-refractivity contribution is 6.02. The summed E-state index contributed by atoms with van der Waals surface area (Å²) in [6.45, 7) is 1.02. The Morgan fingerprint density at radius 2 is 2.10 bits per heavy atom. The van der Waals surface area contributed by atoms with E-state index in [0.29, 0.717) is 5.56 Å².